The zero-order chi connectivity index (χ0) is 16.7. The third-order valence-corrected chi connectivity index (χ3v) is 5.33. The summed E-state index contributed by atoms with van der Waals surface area (Å²) in [5.41, 5.74) is 8.31. The van der Waals surface area contributed by atoms with Gasteiger partial charge in [-0.1, -0.05) is 54.1 Å². The van der Waals surface area contributed by atoms with Crippen molar-refractivity contribution in [1.29, 1.82) is 0 Å². The van der Waals surface area contributed by atoms with Crippen molar-refractivity contribution < 1.29 is 4.58 Å². The van der Waals surface area contributed by atoms with Gasteiger partial charge in [-0.2, -0.15) is 0 Å². The minimum atomic E-state index is 0.408. The molecule has 0 fully saturated rings. The largest absolute Gasteiger partial charge is 0.202 e. The summed E-state index contributed by atoms with van der Waals surface area (Å²) in [7, 11) is 0. The first-order chi connectivity index (χ1) is 11.7. The van der Waals surface area contributed by atoms with Crippen molar-refractivity contribution in [3.63, 3.8) is 0 Å². The molecule has 2 aromatic carbocycles. The van der Waals surface area contributed by atoms with Gasteiger partial charge in [0.2, 0.25) is 0 Å². The Kier molecular flexibility index (Phi) is 3.72. The van der Waals surface area contributed by atoms with Crippen molar-refractivity contribution in [2.45, 2.75) is 26.7 Å². The monoisotopic (exact) mass is 314 g/mol. The maximum absolute atomic E-state index is 2.42. The molecule has 0 N–H and O–H groups in total. The summed E-state index contributed by atoms with van der Waals surface area (Å²) in [5.74, 6) is 0.842. The smallest absolute Gasteiger partial charge is 0.196 e. The fraction of sp³-hybridized carbons (Fsp3) is 0.261. The fourth-order valence-electron chi connectivity index (χ4n) is 4.06. The van der Waals surface area contributed by atoms with Crippen LogP contribution in [0.3, 0.4) is 0 Å². The summed E-state index contributed by atoms with van der Waals surface area (Å²) >= 11 is 0. The van der Waals surface area contributed by atoms with Crippen molar-refractivity contribution in [3.05, 3.63) is 88.6 Å². The first-order valence-electron chi connectivity index (χ1n) is 8.85. The van der Waals surface area contributed by atoms with Gasteiger partial charge in [-0.05, 0) is 49.6 Å². The molecule has 0 bridgehead atoms. The van der Waals surface area contributed by atoms with Crippen LogP contribution >= 0.6 is 0 Å². The van der Waals surface area contributed by atoms with Gasteiger partial charge in [0.15, 0.2) is 11.9 Å². The van der Waals surface area contributed by atoms with Gasteiger partial charge in [0.25, 0.3) is 0 Å². The van der Waals surface area contributed by atoms with E-state index in [-0.39, 0.29) is 0 Å². The first-order valence-corrected chi connectivity index (χ1v) is 8.85. The lowest BCUT2D eigenvalue weighted by Crippen LogP contribution is -2.34. The molecule has 24 heavy (non-hydrogen) atoms. The summed E-state index contributed by atoms with van der Waals surface area (Å²) < 4.78 is 2.42. The number of aryl methyl sites for hydroxylation is 2. The summed E-state index contributed by atoms with van der Waals surface area (Å²) in [6, 6.07) is 15.6. The van der Waals surface area contributed by atoms with Crippen molar-refractivity contribution in [1.82, 2.24) is 0 Å². The zero-order valence-corrected chi connectivity index (χ0v) is 14.7. The molecule has 1 heterocycles. The van der Waals surface area contributed by atoms with Crippen LogP contribution in [0.4, 0.5) is 0 Å². The molecule has 1 nitrogen and oxygen atoms in total. The van der Waals surface area contributed by atoms with Gasteiger partial charge in [-0.3, -0.25) is 0 Å². The molecule has 2 aromatic rings. The molecular formula is C23H24N+. The molecule has 0 saturated carbocycles. The van der Waals surface area contributed by atoms with Gasteiger partial charge in [-0.25, -0.2) is 4.58 Å². The normalized spacial score (nSPS) is 21.6. The van der Waals surface area contributed by atoms with Crippen molar-refractivity contribution >= 4 is 11.8 Å². The standard InChI is InChI=1S/C23H24N/c1-4-24-14-13-20-19-8-6-5-7-18(19)11-12-21(20)23(24)22-15-16(2)9-10-17(22)3/h5-15,20-21H,4H2,1-3H3/q+1. The second-order valence-corrected chi connectivity index (χ2v) is 6.87. The Hall–Kier alpha value is -2.41. The number of allylic oxidation sites excluding steroid dienone is 2. The van der Waals surface area contributed by atoms with E-state index in [9.17, 15) is 0 Å². The van der Waals surface area contributed by atoms with Crippen LogP contribution in [0.1, 0.15) is 40.7 Å². The molecule has 0 radical (unpaired) electrons. The maximum Gasteiger partial charge on any atom is 0.196 e. The third-order valence-electron chi connectivity index (χ3n) is 5.33. The molecule has 120 valence electrons. The number of benzene rings is 2. The Morgan fingerprint density at radius 2 is 1.79 bits per heavy atom. The van der Waals surface area contributed by atoms with Crippen LogP contribution < -0.4 is 0 Å². The van der Waals surface area contributed by atoms with Gasteiger partial charge in [0.1, 0.15) is 6.54 Å². The van der Waals surface area contributed by atoms with E-state index in [1.165, 1.54) is 33.5 Å². The second kappa shape index (κ2) is 5.90. The zero-order valence-electron chi connectivity index (χ0n) is 14.7. The van der Waals surface area contributed by atoms with E-state index in [1.807, 2.05) is 0 Å². The molecule has 0 amide bonds. The molecule has 0 saturated heterocycles. The minimum absolute atomic E-state index is 0.408. The van der Waals surface area contributed by atoms with E-state index in [4.69, 9.17) is 0 Å². The van der Waals surface area contributed by atoms with Crippen molar-refractivity contribution in [2.24, 2.45) is 5.92 Å². The number of hydrogen-bond donors (Lipinski definition) is 0. The highest BCUT2D eigenvalue weighted by Crippen LogP contribution is 2.39. The van der Waals surface area contributed by atoms with Crippen molar-refractivity contribution in [3.8, 4) is 0 Å². The molecule has 0 aromatic heterocycles. The van der Waals surface area contributed by atoms with Gasteiger partial charge >= 0.3 is 0 Å². The first kappa shape index (κ1) is 15.1. The number of hydrogen-bond acceptors (Lipinski definition) is 0. The van der Waals surface area contributed by atoms with Crippen LogP contribution in [0.25, 0.3) is 6.08 Å². The second-order valence-electron chi connectivity index (χ2n) is 6.87. The summed E-state index contributed by atoms with van der Waals surface area (Å²) in [4.78, 5) is 0. The highest BCUT2D eigenvalue weighted by atomic mass is 15.0. The lowest BCUT2D eigenvalue weighted by Gasteiger charge is -2.30. The molecule has 0 spiro atoms. The van der Waals surface area contributed by atoms with Crippen LogP contribution in [0.15, 0.2) is 60.8 Å². The molecule has 2 unspecified atom stereocenters. The van der Waals surface area contributed by atoms with Crippen molar-refractivity contribution in [2.75, 3.05) is 6.54 Å². The van der Waals surface area contributed by atoms with E-state index in [0.29, 0.717) is 11.8 Å². The Morgan fingerprint density at radius 1 is 0.958 bits per heavy atom. The minimum Gasteiger partial charge on any atom is -0.202 e. The van der Waals surface area contributed by atoms with Gasteiger partial charge in [0.05, 0.1) is 5.92 Å². The number of rotatable bonds is 2. The summed E-state index contributed by atoms with van der Waals surface area (Å²) in [5, 5.41) is 0. The highest BCUT2D eigenvalue weighted by Gasteiger charge is 2.37. The van der Waals surface area contributed by atoms with Gasteiger partial charge < -0.3 is 0 Å². The molecule has 1 aliphatic heterocycles. The van der Waals surface area contributed by atoms with Crippen LogP contribution in [-0.2, 0) is 0 Å². The van der Waals surface area contributed by atoms with Crippen LogP contribution in [0.2, 0.25) is 0 Å². The molecule has 1 heteroatoms. The van der Waals surface area contributed by atoms with Crippen LogP contribution in [-0.4, -0.2) is 16.8 Å². The van der Waals surface area contributed by atoms with Crippen LogP contribution in [0, 0.1) is 19.8 Å². The topological polar surface area (TPSA) is 3.01 Å². The number of fused-ring (bicyclic) bond motifs is 3. The van der Waals surface area contributed by atoms with E-state index in [0.717, 1.165) is 6.54 Å². The maximum atomic E-state index is 2.42. The lowest BCUT2D eigenvalue weighted by atomic mass is 9.73. The van der Waals surface area contributed by atoms with Gasteiger partial charge in [-0.15, -0.1) is 0 Å². The average molecular weight is 314 g/mol. The molecule has 2 aliphatic rings. The number of nitrogens with zero attached hydrogens (tertiary/aromatic N) is 1. The third kappa shape index (κ3) is 2.36. The average Bonchev–Trinajstić information content (AvgIpc) is 2.62. The molecular weight excluding hydrogens is 290 g/mol. The Labute approximate surface area is 144 Å². The van der Waals surface area contributed by atoms with E-state index in [2.05, 4.69) is 92.2 Å². The van der Waals surface area contributed by atoms with E-state index < -0.39 is 0 Å². The highest BCUT2D eigenvalue weighted by molar-refractivity contribution is 6.03. The van der Waals surface area contributed by atoms with Crippen LogP contribution in [0.5, 0.6) is 0 Å². The fourth-order valence-corrected chi connectivity index (χ4v) is 4.06. The molecule has 4 rings (SSSR count). The van der Waals surface area contributed by atoms with E-state index in [1.54, 1.807) is 0 Å². The Balaban J connectivity index is 1.90. The van der Waals surface area contributed by atoms with E-state index >= 15 is 0 Å². The predicted molar refractivity (Wildman–Crippen MR) is 102 cm³/mol. The molecule has 1 aliphatic carbocycles. The van der Waals surface area contributed by atoms with Gasteiger partial charge in [0, 0.05) is 11.5 Å². The summed E-state index contributed by atoms with van der Waals surface area (Å²) in [6.45, 7) is 7.64. The predicted octanol–water partition coefficient (Wildman–Crippen LogP) is 5.08. The Bertz CT molecular complexity index is 883. The SMILES string of the molecule is CC[N+]1=C(c2cc(C)ccc2C)C2C=Cc3ccccc3C2C=C1. The summed E-state index contributed by atoms with van der Waals surface area (Å²) in [6.07, 6.45) is 9.37. The Morgan fingerprint density at radius 3 is 2.62 bits per heavy atom. The molecule has 2 atom stereocenters. The quantitative estimate of drug-likeness (QED) is 0.680. The lowest BCUT2D eigenvalue weighted by molar-refractivity contribution is -0.456.